The van der Waals surface area contributed by atoms with E-state index in [0.29, 0.717) is 40.0 Å². The summed E-state index contributed by atoms with van der Waals surface area (Å²) in [6.07, 6.45) is 1.48. The highest BCUT2D eigenvalue weighted by Gasteiger charge is 2.08. The second kappa shape index (κ2) is 6.94. The van der Waals surface area contributed by atoms with Gasteiger partial charge in [-0.15, -0.1) is 0 Å². The molecule has 116 valence electrons. The molecule has 22 heavy (non-hydrogen) atoms. The number of carbonyl (C=O) groups excluding carboxylic acids is 1. The highest BCUT2D eigenvalue weighted by Crippen LogP contribution is 2.22. The highest BCUT2D eigenvalue weighted by molar-refractivity contribution is 6.42. The van der Waals surface area contributed by atoms with E-state index < -0.39 is 0 Å². The Hall–Kier alpha value is -1.85. The predicted octanol–water partition coefficient (Wildman–Crippen LogP) is 2.60. The molecule has 0 atom stereocenters. The number of benzene rings is 1. The summed E-state index contributed by atoms with van der Waals surface area (Å²) in [7, 11) is 0. The molecule has 0 fully saturated rings. The van der Waals surface area contributed by atoms with Gasteiger partial charge in [0.2, 0.25) is 0 Å². The van der Waals surface area contributed by atoms with E-state index >= 15 is 0 Å². The number of rotatable bonds is 4. The summed E-state index contributed by atoms with van der Waals surface area (Å²) in [5.74, 6) is -0.275. The fraction of sp³-hybridized carbons (Fsp3) is 0.267. The Balaban J connectivity index is 1.99. The molecule has 0 aliphatic carbocycles. The van der Waals surface area contributed by atoms with Crippen LogP contribution in [0.3, 0.4) is 0 Å². The molecule has 1 amide bonds. The van der Waals surface area contributed by atoms with E-state index in [-0.39, 0.29) is 11.5 Å². The van der Waals surface area contributed by atoms with Crippen molar-refractivity contribution in [3.05, 3.63) is 61.7 Å². The predicted molar refractivity (Wildman–Crippen MR) is 86.8 cm³/mol. The second-order valence-electron chi connectivity index (χ2n) is 4.84. The molecule has 2 rings (SSSR count). The Morgan fingerprint density at radius 1 is 1.27 bits per heavy atom. The van der Waals surface area contributed by atoms with Crippen LogP contribution in [-0.4, -0.2) is 22.0 Å². The summed E-state index contributed by atoms with van der Waals surface area (Å²) in [4.78, 5) is 28.1. The number of nitrogens with one attached hydrogen (secondary N) is 1. The van der Waals surface area contributed by atoms with Crippen molar-refractivity contribution in [2.75, 3.05) is 6.54 Å². The number of nitrogens with zero attached hydrogens (tertiary/aromatic N) is 2. The van der Waals surface area contributed by atoms with Gasteiger partial charge in [-0.2, -0.15) is 0 Å². The molecule has 0 radical (unpaired) electrons. The first-order valence-electron chi connectivity index (χ1n) is 6.66. The maximum absolute atomic E-state index is 12.0. The maximum Gasteiger partial charge on any atom is 0.256 e. The first kappa shape index (κ1) is 16.5. The van der Waals surface area contributed by atoms with E-state index in [0.717, 1.165) is 0 Å². The topological polar surface area (TPSA) is 64.0 Å². The van der Waals surface area contributed by atoms with Gasteiger partial charge in [-0.05, 0) is 32.0 Å². The Labute approximate surface area is 137 Å². The quantitative estimate of drug-likeness (QED) is 0.931. The number of aryl methyl sites for hydroxylation is 1. The molecule has 0 aliphatic heterocycles. The first-order valence-corrected chi connectivity index (χ1v) is 7.41. The minimum atomic E-state index is -0.275. The summed E-state index contributed by atoms with van der Waals surface area (Å²) in [6, 6.07) is 4.66. The average molecular weight is 340 g/mol. The van der Waals surface area contributed by atoms with Gasteiger partial charge in [0.25, 0.3) is 11.5 Å². The zero-order chi connectivity index (χ0) is 16.3. The molecule has 1 heterocycles. The summed E-state index contributed by atoms with van der Waals surface area (Å²) in [6.45, 7) is 4.17. The van der Waals surface area contributed by atoms with E-state index in [1.165, 1.54) is 17.0 Å². The van der Waals surface area contributed by atoms with Crippen molar-refractivity contribution in [3.8, 4) is 0 Å². The zero-order valence-corrected chi connectivity index (χ0v) is 13.7. The fourth-order valence-corrected chi connectivity index (χ4v) is 2.16. The number of amides is 1. The third-order valence-electron chi connectivity index (χ3n) is 3.34. The molecule has 0 saturated heterocycles. The van der Waals surface area contributed by atoms with Crippen molar-refractivity contribution in [3.63, 3.8) is 0 Å². The lowest BCUT2D eigenvalue weighted by atomic mass is 10.2. The Morgan fingerprint density at radius 3 is 2.68 bits per heavy atom. The Bertz CT molecular complexity index is 772. The van der Waals surface area contributed by atoms with Gasteiger partial charge in [-0.1, -0.05) is 23.2 Å². The number of carbonyl (C=O) groups is 1. The molecule has 0 unspecified atom stereocenters. The average Bonchev–Trinajstić information content (AvgIpc) is 2.50. The molecule has 5 nitrogen and oxygen atoms in total. The molecule has 0 saturated carbocycles. The molecular formula is C15H15Cl2N3O2. The van der Waals surface area contributed by atoms with Crippen molar-refractivity contribution >= 4 is 29.1 Å². The largest absolute Gasteiger partial charge is 0.350 e. The van der Waals surface area contributed by atoms with Crippen LogP contribution in [0, 0.1) is 13.8 Å². The lowest BCUT2D eigenvalue weighted by Gasteiger charge is -2.09. The van der Waals surface area contributed by atoms with Gasteiger partial charge in [0.15, 0.2) is 0 Å². The molecule has 0 aliphatic rings. The zero-order valence-electron chi connectivity index (χ0n) is 12.2. The maximum atomic E-state index is 12.0. The van der Waals surface area contributed by atoms with E-state index in [1.807, 2.05) is 0 Å². The third-order valence-corrected chi connectivity index (χ3v) is 4.07. The van der Waals surface area contributed by atoms with Crippen LogP contribution >= 0.6 is 23.2 Å². The smallest absolute Gasteiger partial charge is 0.256 e. The second-order valence-corrected chi connectivity index (χ2v) is 5.65. The molecule has 1 aromatic carbocycles. The normalized spacial score (nSPS) is 10.5. The molecule has 0 bridgehead atoms. The van der Waals surface area contributed by atoms with Crippen LogP contribution in [0.4, 0.5) is 0 Å². The van der Waals surface area contributed by atoms with E-state index in [2.05, 4.69) is 10.3 Å². The minimum absolute atomic E-state index is 0.101. The molecule has 7 heteroatoms. The standard InChI is InChI=1S/C15H15Cl2N3O2/c1-9-10(2)19-8-20(15(9)22)6-5-18-14(21)11-3-4-12(16)13(17)7-11/h3-4,7-8H,5-6H2,1-2H3,(H,18,21). The summed E-state index contributed by atoms with van der Waals surface area (Å²) >= 11 is 11.7. The van der Waals surface area contributed by atoms with Gasteiger partial charge in [-0.3, -0.25) is 14.2 Å². The van der Waals surface area contributed by atoms with Crippen molar-refractivity contribution in [1.82, 2.24) is 14.9 Å². The number of hydrogen-bond donors (Lipinski definition) is 1. The van der Waals surface area contributed by atoms with Crippen LogP contribution in [0.1, 0.15) is 21.6 Å². The van der Waals surface area contributed by atoms with Crippen LogP contribution in [0.25, 0.3) is 0 Å². The van der Waals surface area contributed by atoms with E-state index in [1.54, 1.807) is 26.0 Å². The van der Waals surface area contributed by atoms with Gasteiger partial charge in [0, 0.05) is 29.9 Å². The lowest BCUT2D eigenvalue weighted by Crippen LogP contribution is -2.32. The van der Waals surface area contributed by atoms with Crippen LogP contribution < -0.4 is 10.9 Å². The van der Waals surface area contributed by atoms with Crippen molar-refractivity contribution in [2.24, 2.45) is 0 Å². The molecule has 1 aromatic heterocycles. The monoisotopic (exact) mass is 339 g/mol. The van der Waals surface area contributed by atoms with Crippen molar-refractivity contribution < 1.29 is 4.79 Å². The summed E-state index contributed by atoms with van der Waals surface area (Å²) in [5, 5.41) is 3.44. The number of aromatic nitrogens is 2. The fourth-order valence-electron chi connectivity index (χ4n) is 1.86. The van der Waals surface area contributed by atoms with Crippen molar-refractivity contribution in [1.29, 1.82) is 0 Å². The number of hydrogen-bond acceptors (Lipinski definition) is 3. The first-order chi connectivity index (χ1) is 10.4. The van der Waals surface area contributed by atoms with Crippen LogP contribution in [0.15, 0.2) is 29.3 Å². The van der Waals surface area contributed by atoms with Gasteiger partial charge in [0.1, 0.15) is 0 Å². The van der Waals surface area contributed by atoms with Gasteiger partial charge < -0.3 is 5.32 Å². The SMILES string of the molecule is Cc1ncn(CCNC(=O)c2ccc(Cl)c(Cl)c2)c(=O)c1C. The summed E-state index contributed by atoms with van der Waals surface area (Å²) in [5.41, 5.74) is 1.63. The van der Waals surface area contributed by atoms with Crippen LogP contribution in [0.2, 0.25) is 10.0 Å². The van der Waals surface area contributed by atoms with Gasteiger partial charge in [-0.25, -0.2) is 4.98 Å². The van der Waals surface area contributed by atoms with Gasteiger partial charge >= 0.3 is 0 Å². The summed E-state index contributed by atoms with van der Waals surface area (Å²) < 4.78 is 1.47. The van der Waals surface area contributed by atoms with Crippen LogP contribution in [0.5, 0.6) is 0 Å². The molecule has 1 N–H and O–H groups in total. The van der Waals surface area contributed by atoms with E-state index in [9.17, 15) is 9.59 Å². The molecular weight excluding hydrogens is 325 g/mol. The Morgan fingerprint density at radius 2 is 2.00 bits per heavy atom. The molecule has 2 aromatic rings. The van der Waals surface area contributed by atoms with Gasteiger partial charge in [0.05, 0.1) is 16.4 Å². The van der Waals surface area contributed by atoms with Crippen LogP contribution in [-0.2, 0) is 6.54 Å². The Kier molecular flexibility index (Phi) is 5.21. The molecule has 0 spiro atoms. The number of halogens is 2. The third kappa shape index (κ3) is 3.67. The van der Waals surface area contributed by atoms with Crippen molar-refractivity contribution in [2.45, 2.75) is 20.4 Å². The highest BCUT2D eigenvalue weighted by atomic mass is 35.5. The minimum Gasteiger partial charge on any atom is -0.350 e. The van der Waals surface area contributed by atoms with E-state index in [4.69, 9.17) is 23.2 Å². The lowest BCUT2D eigenvalue weighted by molar-refractivity contribution is 0.0952.